The minimum atomic E-state index is -0.653. The van der Waals surface area contributed by atoms with E-state index in [0.717, 1.165) is 25.7 Å². The van der Waals surface area contributed by atoms with Crippen molar-refractivity contribution in [1.82, 2.24) is 9.55 Å². The second-order valence-electron chi connectivity index (χ2n) is 8.56. The van der Waals surface area contributed by atoms with Gasteiger partial charge in [-0.05, 0) is 57.0 Å². The Balaban J connectivity index is 1.22. The van der Waals surface area contributed by atoms with Crippen molar-refractivity contribution < 1.29 is 23.8 Å². The predicted molar refractivity (Wildman–Crippen MR) is 124 cm³/mol. The van der Waals surface area contributed by atoms with Crippen molar-refractivity contribution in [1.29, 1.82) is 0 Å². The smallest absolute Gasteiger partial charge is 0.338 e. The van der Waals surface area contributed by atoms with Gasteiger partial charge in [0.2, 0.25) is 0 Å². The van der Waals surface area contributed by atoms with E-state index in [0.29, 0.717) is 40.5 Å². The van der Waals surface area contributed by atoms with Crippen LogP contribution in [0.25, 0.3) is 11.0 Å². The van der Waals surface area contributed by atoms with Gasteiger partial charge in [0.15, 0.2) is 18.1 Å². The molecule has 0 atom stereocenters. The van der Waals surface area contributed by atoms with Gasteiger partial charge in [-0.25, -0.2) is 9.78 Å². The van der Waals surface area contributed by atoms with Crippen LogP contribution in [0.15, 0.2) is 41.2 Å². The fraction of sp³-hybridized carbons (Fsp3) is 0.360. The summed E-state index contributed by atoms with van der Waals surface area (Å²) in [6, 6.07) is 9.98. The standard InChI is InChI=1S/C25H25N3O6/c1-3-28-19-8-6-16(12-18(19)26-15(2)23(28)30)24(31)32-14-22(29)27-17-7-9-20-21(13-17)34-25(33-20)10-4-5-11-25/h6-9,12-13H,3-5,10-11,14H2,1-2H3,(H,27,29). The lowest BCUT2D eigenvalue weighted by Gasteiger charge is -2.21. The van der Waals surface area contributed by atoms with E-state index in [1.165, 1.54) is 0 Å². The minimum Gasteiger partial charge on any atom is -0.452 e. The zero-order valence-electron chi connectivity index (χ0n) is 19.1. The Labute approximate surface area is 195 Å². The molecule has 1 amide bonds. The van der Waals surface area contributed by atoms with Crippen molar-refractivity contribution in [3.8, 4) is 11.5 Å². The third kappa shape index (κ3) is 3.98. The van der Waals surface area contributed by atoms with Crippen molar-refractivity contribution in [3.05, 3.63) is 58.0 Å². The summed E-state index contributed by atoms with van der Waals surface area (Å²) in [5, 5.41) is 2.71. The van der Waals surface area contributed by atoms with Gasteiger partial charge in [0, 0.05) is 31.1 Å². The van der Waals surface area contributed by atoms with Gasteiger partial charge in [-0.3, -0.25) is 9.59 Å². The number of hydrogen-bond acceptors (Lipinski definition) is 7. The molecule has 0 radical (unpaired) electrons. The molecule has 1 aliphatic carbocycles. The van der Waals surface area contributed by atoms with Crippen LogP contribution in [-0.2, 0) is 16.1 Å². The lowest BCUT2D eigenvalue weighted by atomic mass is 10.2. The Morgan fingerprint density at radius 1 is 1.12 bits per heavy atom. The first kappa shape index (κ1) is 21.9. The Bertz CT molecular complexity index is 1360. The van der Waals surface area contributed by atoms with Crippen LogP contribution in [0.3, 0.4) is 0 Å². The number of carbonyl (C=O) groups is 2. The summed E-state index contributed by atoms with van der Waals surface area (Å²) in [6.07, 6.45) is 3.82. The highest BCUT2D eigenvalue weighted by Gasteiger charge is 2.44. The topological polar surface area (TPSA) is 109 Å². The molecule has 2 aromatic carbocycles. The van der Waals surface area contributed by atoms with Gasteiger partial charge in [0.1, 0.15) is 5.69 Å². The summed E-state index contributed by atoms with van der Waals surface area (Å²) in [6.45, 7) is 3.54. The van der Waals surface area contributed by atoms with Crippen molar-refractivity contribution in [2.45, 2.75) is 51.9 Å². The number of nitrogens with one attached hydrogen (secondary N) is 1. The van der Waals surface area contributed by atoms with Gasteiger partial charge >= 0.3 is 5.97 Å². The molecule has 0 saturated heterocycles. The Morgan fingerprint density at radius 3 is 2.65 bits per heavy atom. The van der Waals surface area contributed by atoms with Gasteiger partial charge in [-0.2, -0.15) is 0 Å². The van der Waals surface area contributed by atoms with E-state index in [-0.39, 0.29) is 11.1 Å². The number of fused-ring (bicyclic) bond motifs is 2. The maximum atomic E-state index is 12.5. The zero-order valence-corrected chi connectivity index (χ0v) is 19.1. The largest absolute Gasteiger partial charge is 0.452 e. The van der Waals surface area contributed by atoms with Gasteiger partial charge in [-0.15, -0.1) is 0 Å². The van der Waals surface area contributed by atoms with Gasteiger partial charge < -0.3 is 24.1 Å². The molecule has 0 unspecified atom stereocenters. The van der Waals surface area contributed by atoms with Crippen LogP contribution in [0, 0.1) is 6.92 Å². The van der Waals surface area contributed by atoms with E-state index >= 15 is 0 Å². The number of ether oxygens (including phenoxy) is 3. The molecule has 2 aliphatic rings. The van der Waals surface area contributed by atoms with Crippen molar-refractivity contribution in [2.75, 3.05) is 11.9 Å². The van der Waals surface area contributed by atoms with Crippen molar-refractivity contribution >= 4 is 28.6 Å². The summed E-state index contributed by atoms with van der Waals surface area (Å²) in [7, 11) is 0. The van der Waals surface area contributed by atoms with E-state index in [4.69, 9.17) is 14.2 Å². The number of aromatic nitrogens is 2. The molecule has 5 rings (SSSR count). The van der Waals surface area contributed by atoms with E-state index < -0.39 is 24.3 Å². The highest BCUT2D eigenvalue weighted by molar-refractivity contribution is 5.97. The molecular formula is C25H25N3O6. The molecule has 9 heteroatoms. The number of hydrogen-bond donors (Lipinski definition) is 1. The van der Waals surface area contributed by atoms with Gasteiger partial charge in [0.05, 0.1) is 16.6 Å². The summed E-state index contributed by atoms with van der Waals surface area (Å²) < 4.78 is 18.8. The molecular weight excluding hydrogens is 438 g/mol. The minimum absolute atomic E-state index is 0.163. The summed E-state index contributed by atoms with van der Waals surface area (Å²) in [4.78, 5) is 41.4. The maximum absolute atomic E-state index is 12.5. The number of anilines is 1. The number of benzene rings is 2. The molecule has 1 spiro atoms. The van der Waals surface area contributed by atoms with Crippen LogP contribution in [0.2, 0.25) is 0 Å². The molecule has 1 aromatic heterocycles. The summed E-state index contributed by atoms with van der Waals surface area (Å²) in [5.74, 6) is -0.433. The average Bonchev–Trinajstić information content (AvgIpc) is 3.43. The Kier molecular flexibility index (Phi) is 5.47. The highest BCUT2D eigenvalue weighted by atomic mass is 16.7. The molecule has 0 bridgehead atoms. The third-order valence-corrected chi connectivity index (χ3v) is 6.18. The van der Waals surface area contributed by atoms with Crippen LogP contribution in [0.1, 0.15) is 48.7 Å². The normalized spacial score (nSPS) is 15.6. The number of esters is 1. The average molecular weight is 463 g/mol. The summed E-state index contributed by atoms with van der Waals surface area (Å²) in [5.41, 5.74) is 2.11. The predicted octanol–water partition coefficient (Wildman–Crippen LogP) is 3.56. The molecule has 34 heavy (non-hydrogen) atoms. The maximum Gasteiger partial charge on any atom is 0.338 e. The highest BCUT2D eigenvalue weighted by Crippen LogP contribution is 2.47. The van der Waals surface area contributed by atoms with Crippen LogP contribution in [0.5, 0.6) is 11.5 Å². The number of aryl methyl sites for hydroxylation is 2. The lowest BCUT2D eigenvalue weighted by Crippen LogP contribution is -2.34. The molecule has 2 heterocycles. The fourth-order valence-corrected chi connectivity index (χ4v) is 4.52. The molecule has 1 saturated carbocycles. The van der Waals surface area contributed by atoms with E-state index in [9.17, 15) is 14.4 Å². The first-order valence-electron chi connectivity index (χ1n) is 11.4. The second kappa shape index (κ2) is 8.48. The number of amides is 1. The Morgan fingerprint density at radius 2 is 1.88 bits per heavy atom. The first-order chi connectivity index (χ1) is 16.4. The molecule has 1 aliphatic heterocycles. The van der Waals surface area contributed by atoms with E-state index in [1.807, 2.05) is 6.92 Å². The molecule has 176 valence electrons. The third-order valence-electron chi connectivity index (χ3n) is 6.18. The van der Waals surface area contributed by atoms with E-state index in [2.05, 4.69) is 10.3 Å². The second-order valence-corrected chi connectivity index (χ2v) is 8.56. The van der Waals surface area contributed by atoms with Crippen LogP contribution in [0.4, 0.5) is 5.69 Å². The van der Waals surface area contributed by atoms with Crippen molar-refractivity contribution in [2.24, 2.45) is 0 Å². The van der Waals surface area contributed by atoms with Gasteiger partial charge in [0.25, 0.3) is 17.3 Å². The zero-order chi connectivity index (χ0) is 23.9. The van der Waals surface area contributed by atoms with Gasteiger partial charge in [-0.1, -0.05) is 0 Å². The van der Waals surface area contributed by atoms with Crippen LogP contribution in [-0.4, -0.2) is 33.8 Å². The SMILES string of the molecule is CCn1c(=O)c(C)nc2cc(C(=O)OCC(=O)Nc3ccc4c(c3)OC3(CCCC3)O4)ccc21. The molecule has 9 nitrogen and oxygen atoms in total. The monoisotopic (exact) mass is 463 g/mol. The van der Waals surface area contributed by atoms with Crippen LogP contribution < -0.4 is 20.3 Å². The number of rotatable bonds is 5. The number of carbonyl (C=O) groups excluding carboxylic acids is 2. The fourth-order valence-electron chi connectivity index (χ4n) is 4.52. The van der Waals surface area contributed by atoms with Crippen LogP contribution >= 0.6 is 0 Å². The van der Waals surface area contributed by atoms with E-state index in [1.54, 1.807) is 47.9 Å². The first-order valence-corrected chi connectivity index (χ1v) is 11.4. The lowest BCUT2D eigenvalue weighted by molar-refractivity contribution is -0.119. The molecule has 1 fully saturated rings. The Hall–Kier alpha value is -3.88. The molecule has 1 N–H and O–H groups in total. The van der Waals surface area contributed by atoms with Crippen molar-refractivity contribution in [3.63, 3.8) is 0 Å². The quantitative estimate of drug-likeness (QED) is 0.576. The molecule has 3 aromatic rings. The summed E-state index contributed by atoms with van der Waals surface area (Å²) >= 11 is 0. The number of nitrogens with zero attached hydrogens (tertiary/aromatic N) is 2.